The van der Waals surface area contributed by atoms with Crippen molar-refractivity contribution in [1.29, 1.82) is 0 Å². The molecule has 5 rings (SSSR count). The predicted molar refractivity (Wildman–Crippen MR) is 139 cm³/mol. The minimum absolute atomic E-state index is 0.232. The van der Waals surface area contributed by atoms with E-state index in [1.165, 1.54) is 27.8 Å². The standard InChI is InChI=1S/C29H31ClN2O3/c1-34-26-6-2-3-7-27(26)35-19-24(33)18-32-15-12-20(13-16-32)28-25-11-10-23(30)17-22(25)9-8-21-5-4-14-31-29(21)28/h2-7,10-11,14,17,24,33H,8-9,12-13,15-16,18-19H2,1H3/t24-/m1/s1. The summed E-state index contributed by atoms with van der Waals surface area (Å²) in [5.74, 6) is 1.32. The number of ether oxygens (including phenoxy) is 2. The third-order valence-electron chi connectivity index (χ3n) is 6.91. The highest BCUT2D eigenvalue weighted by atomic mass is 35.5. The summed E-state index contributed by atoms with van der Waals surface area (Å²) in [6, 6.07) is 18.0. The molecule has 6 heteroatoms. The Labute approximate surface area is 212 Å². The normalized spacial score (nSPS) is 16.8. The number of benzene rings is 2. The number of piperidine rings is 1. The molecule has 3 aromatic rings. The molecule has 0 radical (unpaired) electrons. The van der Waals surface area contributed by atoms with Gasteiger partial charge in [0.25, 0.3) is 0 Å². The Bertz CT molecular complexity index is 1220. The number of methoxy groups -OCH3 is 1. The van der Waals surface area contributed by atoms with Gasteiger partial charge >= 0.3 is 0 Å². The van der Waals surface area contributed by atoms with Crippen molar-refractivity contribution in [1.82, 2.24) is 9.88 Å². The fourth-order valence-corrected chi connectivity index (χ4v) is 5.36. The van der Waals surface area contributed by atoms with E-state index in [1.54, 1.807) is 7.11 Å². The van der Waals surface area contributed by atoms with Crippen LogP contribution in [0.15, 0.2) is 66.4 Å². The molecule has 2 heterocycles. The number of hydrogen-bond acceptors (Lipinski definition) is 5. The largest absolute Gasteiger partial charge is 0.493 e. The molecule has 1 aromatic heterocycles. The Kier molecular flexibility index (Phi) is 7.37. The van der Waals surface area contributed by atoms with Crippen molar-refractivity contribution in [2.45, 2.75) is 31.8 Å². The number of para-hydroxylation sites is 2. The van der Waals surface area contributed by atoms with Gasteiger partial charge < -0.3 is 14.6 Å². The zero-order valence-electron chi connectivity index (χ0n) is 20.0. The summed E-state index contributed by atoms with van der Waals surface area (Å²) in [6.07, 6.45) is 5.17. The summed E-state index contributed by atoms with van der Waals surface area (Å²) in [6.45, 7) is 2.61. The molecule has 2 aliphatic rings. The number of fused-ring (bicyclic) bond motifs is 2. The molecule has 1 atom stereocenters. The zero-order valence-corrected chi connectivity index (χ0v) is 20.8. The molecule has 182 valence electrons. The average molecular weight is 491 g/mol. The number of hydrogen-bond donors (Lipinski definition) is 1. The number of aliphatic hydroxyl groups excluding tert-OH is 1. The molecule has 1 aliphatic carbocycles. The molecule has 1 fully saturated rings. The Morgan fingerprint density at radius 2 is 1.74 bits per heavy atom. The predicted octanol–water partition coefficient (Wildman–Crippen LogP) is 5.18. The molecule has 0 spiro atoms. The van der Waals surface area contributed by atoms with Crippen LogP contribution in [0, 0.1) is 0 Å². The zero-order chi connectivity index (χ0) is 24.2. The number of nitrogens with zero attached hydrogens (tertiary/aromatic N) is 2. The second kappa shape index (κ2) is 10.8. The summed E-state index contributed by atoms with van der Waals surface area (Å²) in [7, 11) is 1.62. The SMILES string of the molecule is COc1ccccc1OC[C@H](O)CN1CCC(=C2c3ccc(Cl)cc3CCc3cccnc32)CC1. The number of rotatable bonds is 6. The van der Waals surface area contributed by atoms with Crippen LogP contribution in [-0.2, 0) is 12.8 Å². The highest BCUT2D eigenvalue weighted by molar-refractivity contribution is 6.30. The number of likely N-dealkylation sites (tertiary alicyclic amines) is 1. The number of pyridine rings is 1. The molecule has 5 nitrogen and oxygen atoms in total. The van der Waals surface area contributed by atoms with Crippen molar-refractivity contribution in [3.8, 4) is 11.5 Å². The van der Waals surface area contributed by atoms with Crippen LogP contribution in [-0.4, -0.2) is 54.4 Å². The summed E-state index contributed by atoms with van der Waals surface area (Å²) in [4.78, 5) is 7.14. The highest BCUT2D eigenvalue weighted by Crippen LogP contribution is 2.38. The number of aliphatic hydroxyl groups is 1. The van der Waals surface area contributed by atoms with Gasteiger partial charge in [-0.3, -0.25) is 9.88 Å². The smallest absolute Gasteiger partial charge is 0.161 e. The van der Waals surface area contributed by atoms with Crippen LogP contribution in [0.1, 0.15) is 35.2 Å². The van der Waals surface area contributed by atoms with Crippen molar-refractivity contribution < 1.29 is 14.6 Å². The molecule has 0 amide bonds. The van der Waals surface area contributed by atoms with Crippen molar-refractivity contribution in [3.63, 3.8) is 0 Å². The first-order valence-corrected chi connectivity index (χ1v) is 12.6. The topological polar surface area (TPSA) is 54.8 Å². The molecule has 1 N–H and O–H groups in total. The number of halogens is 1. The first-order valence-electron chi connectivity index (χ1n) is 12.2. The van der Waals surface area contributed by atoms with E-state index in [2.05, 4.69) is 23.1 Å². The van der Waals surface area contributed by atoms with Crippen LogP contribution >= 0.6 is 11.6 Å². The minimum atomic E-state index is -0.572. The summed E-state index contributed by atoms with van der Waals surface area (Å²) in [5, 5.41) is 11.4. The van der Waals surface area contributed by atoms with Crippen LogP contribution in [0.4, 0.5) is 0 Å². The van der Waals surface area contributed by atoms with Gasteiger partial charge in [-0.1, -0.05) is 41.4 Å². The van der Waals surface area contributed by atoms with Gasteiger partial charge in [0.2, 0.25) is 0 Å². The third kappa shape index (κ3) is 5.37. The summed E-state index contributed by atoms with van der Waals surface area (Å²) >= 11 is 6.34. The van der Waals surface area contributed by atoms with E-state index in [0.717, 1.165) is 49.5 Å². The molecular weight excluding hydrogens is 460 g/mol. The quantitative estimate of drug-likeness (QED) is 0.516. The monoisotopic (exact) mass is 490 g/mol. The second-order valence-corrected chi connectivity index (χ2v) is 9.64. The number of aromatic nitrogens is 1. The van der Waals surface area contributed by atoms with Crippen LogP contribution in [0.25, 0.3) is 5.57 Å². The van der Waals surface area contributed by atoms with Gasteiger partial charge in [0.05, 0.1) is 12.8 Å². The first-order chi connectivity index (χ1) is 17.1. The minimum Gasteiger partial charge on any atom is -0.493 e. The maximum absolute atomic E-state index is 10.6. The van der Waals surface area contributed by atoms with Crippen LogP contribution in [0.3, 0.4) is 0 Å². The number of β-amino-alcohol motifs (C(OH)–C–C–N with tert-alkyl or cyclic N) is 1. The van der Waals surface area contributed by atoms with Gasteiger partial charge in [0, 0.05) is 36.4 Å². The third-order valence-corrected chi connectivity index (χ3v) is 7.15. The van der Waals surface area contributed by atoms with Crippen LogP contribution in [0.5, 0.6) is 11.5 Å². The summed E-state index contributed by atoms with van der Waals surface area (Å²) in [5.41, 5.74) is 7.69. The van der Waals surface area contributed by atoms with Crippen molar-refractivity contribution >= 4 is 17.2 Å². The van der Waals surface area contributed by atoms with Crippen molar-refractivity contribution in [2.24, 2.45) is 0 Å². The Morgan fingerprint density at radius 1 is 0.971 bits per heavy atom. The molecule has 1 aliphatic heterocycles. The van der Waals surface area contributed by atoms with Gasteiger partial charge in [-0.2, -0.15) is 0 Å². The van der Waals surface area contributed by atoms with Crippen LogP contribution in [0.2, 0.25) is 5.02 Å². The van der Waals surface area contributed by atoms with Gasteiger partial charge in [0.1, 0.15) is 12.7 Å². The van der Waals surface area contributed by atoms with E-state index < -0.39 is 6.10 Å². The van der Waals surface area contributed by atoms with Gasteiger partial charge in [-0.05, 0) is 72.7 Å². The van der Waals surface area contributed by atoms with Crippen molar-refractivity contribution in [3.05, 3.63) is 93.8 Å². The van der Waals surface area contributed by atoms with E-state index in [1.807, 2.05) is 42.6 Å². The van der Waals surface area contributed by atoms with E-state index in [4.69, 9.17) is 26.1 Å². The van der Waals surface area contributed by atoms with Gasteiger partial charge in [-0.25, -0.2) is 0 Å². The number of aryl methyl sites for hydroxylation is 2. The molecule has 1 saturated heterocycles. The van der Waals surface area contributed by atoms with E-state index in [-0.39, 0.29) is 6.61 Å². The molecule has 0 bridgehead atoms. The maximum Gasteiger partial charge on any atom is 0.161 e. The second-order valence-electron chi connectivity index (χ2n) is 9.21. The van der Waals surface area contributed by atoms with E-state index >= 15 is 0 Å². The maximum atomic E-state index is 10.6. The Morgan fingerprint density at radius 3 is 2.54 bits per heavy atom. The highest BCUT2D eigenvalue weighted by Gasteiger charge is 2.26. The van der Waals surface area contributed by atoms with E-state index in [0.29, 0.717) is 18.0 Å². The first kappa shape index (κ1) is 23.9. The Hall–Kier alpha value is -2.86. The lowest BCUT2D eigenvalue weighted by Gasteiger charge is -2.31. The molecule has 0 unspecified atom stereocenters. The Balaban J connectivity index is 1.29. The molecule has 2 aromatic carbocycles. The lowest BCUT2D eigenvalue weighted by molar-refractivity contribution is 0.0647. The molecule has 35 heavy (non-hydrogen) atoms. The molecular formula is C29H31ClN2O3. The van der Waals surface area contributed by atoms with Gasteiger partial charge in [0.15, 0.2) is 11.5 Å². The summed E-state index contributed by atoms with van der Waals surface area (Å²) < 4.78 is 11.1. The van der Waals surface area contributed by atoms with Gasteiger partial charge in [-0.15, -0.1) is 0 Å². The molecule has 0 saturated carbocycles. The fraction of sp³-hybridized carbons (Fsp3) is 0.345. The van der Waals surface area contributed by atoms with Crippen LogP contribution < -0.4 is 9.47 Å². The van der Waals surface area contributed by atoms with E-state index in [9.17, 15) is 5.11 Å². The van der Waals surface area contributed by atoms with Crippen molar-refractivity contribution in [2.75, 3.05) is 33.4 Å². The fourth-order valence-electron chi connectivity index (χ4n) is 5.16. The lowest BCUT2D eigenvalue weighted by atomic mass is 9.88. The lowest BCUT2D eigenvalue weighted by Crippen LogP contribution is -2.39. The average Bonchev–Trinajstić information content (AvgIpc) is 3.05.